The van der Waals surface area contributed by atoms with E-state index in [-0.39, 0.29) is 5.82 Å². The van der Waals surface area contributed by atoms with Crippen LogP contribution >= 0.6 is 27.5 Å². The van der Waals surface area contributed by atoms with Gasteiger partial charge in [-0.1, -0.05) is 33.6 Å². The largest absolute Gasteiger partial charge is 0.496 e. The van der Waals surface area contributed by atoms with Crippen LogP contribution in [0, 0.1) is 5.82 Å². The molecule has 6 heteroatoms. The zero-order valence-corrected chi connectivity index (χ0v) is 13.0. The van der Waals surface area contributed by atoms with Crippen LogP contribution in [-0.2, 0) is 0 Å². The summed E-state index contributed by atoms with van der Waals surface area (Å²) >= 11 is 9.23. The van der Waals surface area contributed by atoms with E-state index in [0.29, 0.717) is 26.4 Å². The lowest BCUT2D eigenvalue weighted by molar-refractivity contribution is 0.403. The number of hydrogen-bond donors (Lipinski definition) is 2. The maximum Gasteiger partial charge on any atom is 0.129 e. The van der Waals surface area contributed by atoms with E-state index in [9.17, 15) is 4.39 Å². The molecule has 0 amide bonds. The molecule has 0 saturated carbocycles. The normalized spacial score (nSPS) is 12.2. The van der Waals surface area contributed by atoms with Gasteiger partial charge in [-0.25, -0.2) is 9.82 Å². The molecule has 0 spiro atoms. The minimum Gasteiger partial charge on any atom is -0.496 e. The Bertz CT molecular complexity index is 624. The van der Waals surface area contributed by atoms with Crippen molar-refractivity contribution in [3.8, 4) is 5.75 Å². The highest BCUT2D eigenvalue weighted by molar-refractivity contribution is 9.10. The van der Waals surface area contributed by atoms with E-state index in [1.807, 2.05) is 0 Å². The minimum atomic E-state index is -0.559. The molecule has 106 valence electrons. The summed E-state index contributed by atoms with van der Waals surface area (Å²) in [4.78, 5) is 0. The van der Waals surface area contributed by atoms with Gasteiger partial charge in [-0.2, -0.15) is 0 Å². The first-order valence-electron chi connectivity index (χ1n) is 5.81. The van der Waals surface area contributed by atoms with Crippen LogP contribution in [0.4, 0.5) is 4.39 Å². The second kappa shape index (κ2) is 6.54. The lowest BCUT2D eigenvalue weighted by Gasteiger charge is -2.20. The second-order valence-electron chi connectivity index (χ2n) is 4.15. The highest BCUT2D eigenvalue weighted by atomic mass is 79.9. The first-order valence-corrected chi connectivity index (χ1v) is 6.98. The number of hydrogen-bond acceptors (Lipinski definition) is 3. The van der Waals surface area contributed by atoms with E-state index in [2.05, 4.69) is 21.4 Å². The number of halogens is 3. The molecule has 0 fully saturated rings. The molecule has 2 aromatic carbocycles. The number of methoxy groups -OCH3 is 1. The molecule has 2 aromatic rings. The Morgan fingerprint density at radius 1 is 1.25 bits per heavy atom. The van der Waals surface area contributed by atoms with E-state index in [1.165, 1.54) is 13.2 Å². The van der Waals surface area contributed by atoms with Gasteiger partial charge in [-0.15, -0.1) is 0 Å². The highest BCUT2D eigenvalue weighted by Gasteiger charge is 2.20. The summed E-state index contributed by atoms with van der Waals surface area (Å²) in [6.07, 6.45) is 0. The van der Waals surface area contributed by atoms with Crippen molar-refractivity contribution >= 4 is 27.5 Å². The molecule has 1 unspecified atom stereocenters. The van der Waals surface area contributed by atoms with Crippen molar-refractivity contribution < 1.29 is 9.13 Å². The Kier molecular flexibility index (Phi) is 4.99. The van der Waals surface area contributed by atoms with Gasteiger partial charge in [-0.05, 0) is 30.3 Å². The lowest BCUT2D eigenvalue weighted by Crippen LogP contribution is -2.29. The fraction of sp³-hybridized carbons (Fsp3) is 0.143. The molecule has 3 nitrogen and oxygen atoms in total. The third-order valence-corrected chi connectivity index (χ3v) is 3.67. The van der Waals surface area contributed by atoms with Crippen molar-refractivity contribution in [2.75, 3.05) is 7.11 Å². The fourth-order valence-corrected chi connectivity index (χ4v) is 2.53. The summed E-state index contributed by atoms with van der Waals surface area (Å²) in [5.41, 5.74) is 3.69. The summed E-state index contributed by atoms with van der Waals surface area (Å²) in [6.45, 7) is 0. The lowest BCUT2D eigenvalue weighted by atomic mass is 9.98. The first kappa shape index (κ1) is 15.3. The van der Waals surface area contributed by atoms with Crippen molar-refractivity contribution in [2.45, 2.75) is 6.04 Å². The predicted octanol–water partition coefficient (Wildman–Crippen LogP) is 3.80. The molecule has 20 heavy (non-hydrogen) atoms. The summed E-state index contributed by atoms with van der Waals surface area (Å²) in [7, 11) is 1.54. The van der Waals surface area contributed by atoms with Crippen LogP contribution in [-0.4, -0.2) is 7.11 Å². The van der Waals surface area contributed by atoms with Gasteiger partial charge in [-0.3, -0.25) is 5.84 Å². The van der Waals surface area contributed by atoms with Gasteiger partial charge < -0.3 is 4.74 Å². The summed E-state index contributed by atoms with van der Waals surface area (Å²) < 4.78 is 20.1. The number of nitrogens with two attached hydrogens (primary N) is 1. The number of hydrazine groups is 1. The summed E-state index contributed by atoms with van der Waals surface area (Å²) in [5, 5.41) is 0.526. The molecule has 0 radical (unpaired) electrons. The van der Waals surface area contributed by atoms with Crippen LogP contribution in [0.15, 0.2) is 40.9 Å². The molecule has 2 rings (SSSR count). The van der Waals surface area contributed by atoms with Crippen LogP contribution in [0.1, 0.15) is 17.2 Å². The maximum absolute atomic E-state index is 14.1. The van der Waals surface area contributed by atoms with Crippen LogP contribution in [0.25, 0.3) is 0 Å². The number of rotatable bonds is 4. The molecular weight excluding hydrogens is 347 g/mol. The van der Waals surface area contributed by atoms with Crippen molar-refractivity contribution in [2.24, 2.45) is 5.84 Å². The Labute approximate surface area is 130 Å². The third kappa shape index (κ3) is 3.12. The highest BCUT2D eigenvalue weighted by Crippen LogP contribution is 2.33. The molecule has 0 aliphatic rings. The monoisotopic (exact) mass is 358 g/mol. The smallest absolute Gasteiger partial charge is 0.129 e. The van der Waals surface area contributed by atoms with Gasteiger partial charge in [0.2, 0.25) is 0 Å². The van der Waals surface area contributed by atoms with Gasteiger partial charge in [0.1, 0.15) is 11.6 Å². The van der Waals surface area contributed by atoms with Crippen LogP contribution in [0.3, 0.4) is 0 Å². The van der Waals surface area contributed by atoms with Crippen molar-refractivity contribution in [3.63, 3.8) is 0 Å². The molecule has 0 heterocycles. The van der Waals surface area contributed by atoms with Gasteiger partial charge in [0, 0.05) is 20.6 Å². The average molecular weight is 360 g/mol. The molecule has 0 bridgehead atoms. The molecule has 0 aliphatic heterocycles. The number of ether oxygens (including phenoxy) is 1. The standard InChI is InChI=1S/C14H13BrClFN2O/c1-20-13-5-3-9(16)7-11(13)14(19-18)10-4-2-8(15)6-12(10)17/h2-7,14,19H,18H2,1H3. The quantitative estimate of drug-likeness (QED) is 0.645. The maximum atomic E-state index is 14.1. The fourth-order valence-electron chi connectivity index (χ4n) is 2.01. The molecule has 1 atom stereocenters. The number of benzene rings is 2. The first-order chi connectivity index (χ1) is 9.56. The van der Waals surface area contributed by atoms with Crippen LogP contribution in [0.5, 0.6) is 5.75 Å². The Hall–Kier alpha value is -1.14. The van der Waals surface area contributed by atoms with Crippen LogP contribution < -0.4 is 16.0 Å². The number of nitrogens with one attached hydrogen (secondary N) is 1. The Balaban J connectivity index is 2.54. The van der Waals surface area contributed by atoms with Gasteiger partial charge in [0.25, 0.3) is 0 Å². The molecule has 3 N–H and O–H groups in total. The zero-order chi connectivity index (χ0) is 14.7. The minimum absolute atomic E-state index is 0.371. The average Bonchev–Trinajstić information content (AvgIpc) is 2.42. The molecular formula is C14H13BrClFN2O. The van der Waals surface area contributed by atoms with E-state index in [4.69, 9.17) is 22.2 Å². The van der Waals surface area contributed by atoms with Crippen molar-refractivity contribution in [1.29, 1.82) is 0 Å². The predicted molar refractivity (Wildman–Crippen MR) is 81.3 cm³/mol. The third-order valence-electron chi connectivity index (χ3n) is 2.94. The van der Waals surface area contributed by atoms with E-state index >= 15 is 0 Å². The SMILES string of the molecule is COc1ccc(Cl)cc1C(NN)c1ccc(Br)cc1F. The summed E-state index contributed by atoms with van der Waals surface area (Å²) in [6, 6.07) is 9.36. The molecule has 0 aliphatic carbocycles. The van der Waals surface area contributed by atoms with Gasteiger partial charge in [0.05, 0.1) is 13.2 Å². The molecule has 0 saturated heterocycles. The Morgan fingerprint density at radius 2 is 2.00 bits per heavy atom. The zero-order valence-electron chi connectivity index (χ0n) is 10.7. The van der Waals surface area contributed by atoms with Crippen molar-refractivity contribution in [3.05, 3.63) is 62.8 Å². The van der Waals surface area contributed by atoms with Crippen molar-refractivity contribution in [1.82, 2.24) is 5.43 Å². The van der Waals surface area contributed by atoms with Gasteiger partial charge >= 0.3 is 0 Å². The second-order valence-corrected chi connectivity index (χ2v) is 5.50. The molecule has 0 aromatic heterocycles. The Morgan fingerprint density at radius 3 is 2.60 bits per heavy atom. The summed E-state index contributed by atoms with van der Waals surface area (Å²) in [5.74, 6) is 5.80. The van der Waals surface area contributed by atoms with E-state index < -0.39 is 6.04 Å². The van der Waals surface area contributed by atoms with Crippen LogP contribution in [0.2, 0.25) is 5.02 Å². The van der Waals surface area contributed by atoms with E-state index in [0.717, 1.165) is 0 Å². The van der Waals surface area contributed by atoms with E-state index in [1.54, 1.807) is 30.3 Å². The van der Waals surface area contributed by atoms with Gasteiger partial charge in [0.15, 0.2) is 0 Å². The topological polar surface area (TPSA) is 47.3 Å².